The average molecular weight is 1280 g/mol. The maximum absolute atomic E-state index is 12.8. The summed E-state index contributed by atoms with van der Waals surface area (Å²) in [5, 5.41) is 0. The fourth-order valence-electron chi connectivity index (χ4n) is 12.4. The molecule has 0 aliphatic heterocycles. The van der Waals surface area contributed by atoms with Gasteiger partial charge in [-0.3, -0.25) is 18.6 Å². The third-order valence-corrected chi connectivity index (χ3v) is 19.3. The zero-order valence-corrected chi connectivity index (χ0v) is 60.6. The lowest BCUT2D eigenvalue weighted by Gasteiger charge is -2.19. The predicted octanol–water partition coefficient (Wildman–Crippen LogP) is 26.4. The summed E-state index contributed by atoms with van der Waals surface area (Å²) in [6, 6.07) is 0. The second-order valence-electron chi connectivity index (χ2n) is 27.3. The Morgan fingerprint density at radius 2 is 0.584 bits per heavy atom. The molecule has 528 valence electrons. The van der Waals surface area contributed by atoms with E-state index in [9.17, 15) is 19.0 Å². The Morgan fingerprint density at radius 3 is 0.854 bits per heavy atom. The highest BCUT2D eigenvalue weighted by molar-refractivity contribution is 7.47. The van der Waals surface area contributed by atoms with Crippen molar-refractivity contribution in [2.24, 2.45) is 5.73 Å². The average Bonchev–Trinajstić information content (AvgIpc) is 3.58. The SMILES string of the molecule is CCCCCCC/C=C\C/C=C\CCCCCCCCCCCCCCCCCCCCCCCCCCCCCCCC(=O)OC(COC(=O)CCCCCCCCCCCCCCCCCCCCCCCCCCCCC)COP(=O)(O)OCCN. The summed E-state index contributed by atoms with van der Waals surface area (Å²) in [4.78, 5) is 35.4. The molecule has 0 aliphatic rings. The number of phosphoric acid groups is 1. The standard InChI is InChI=1S/C79H154NO8P/c1-3-5-7-9-11-13-15-17-19-21-23-25-27-29-31-32-33-34-35-36-37-38-39-40-41-42-43-44-46-48-50-52-54-56-58-60-62-64-66-68-70-72-79(82)88-77(76-87-89(83,84)86-74-73-80)75-85-78(81)71-69-67-65-63-61-59-57-55-53-51-49-47-45-30-28-26-24-22-20-18-16-14-12-10-8-6-4-2/h15,17,21,23,77H,3-14,16,18-20,22,24-76,80H2,1-2H3,(H,83,84)/b17-15-,23-21-. The van der Waals surface area contributed by atoms with Crippen molar-refractivity contribution in [2.75, 3.05) is 26.4 Å². The van der Waals surface area contributed by atoms with Crippen LogP contribution in [0.25, 0.3) is 0 Å². The third kappa shape index (κ3) is 75.4. The molecule has 0 radical (unpaired) electrons. The van der Waals surface area contributed by atoms with E-state index >= 15 is 0 Å². The molecule has 0 spiro atoms. The smallest absolute Gasteiger partial charge is 0.462 e. The molecule has 0 saturated carbocycles. The number of phosphoric ester groups is 1. The molecule has 9 nitrogen and oxygen atoms in total. The highest BCUT2D eigenvalue weighted by Crippen LogP contribution is 2.43. The maximum Gasteiger partial charge on any atom is 0.472 e. The van der Waals surface area contributed by atoms with Gasteiger partial charge in [0.25, 0.3) is 0 Å². The predicted molar refractivity (Wildman–Crippen MR) is 386 cm³/mol. The van der Waals surface area contributed by atoms with Gasteiger partial charge >= 0.3 is 19.8 Å². The summed E-state index contributed by atoms with van der Waals surface area (Å²) in [6.45, 7) is 3.83. The van der Waals surface area contributed by atoms with E-state index in [1.807, 2.05) is 0 Å². The monoisotopic (exact) mass is 1280 g/mol. The van der Waals surface area contributed by atoms with E-state index in [1.54, 1.807) is 0 Å². The Labute approximate surface area is 554 Å². The Balaban J connectivity index is 3.72. The van der Waals surface area contributed by atoms with Gasteiger partial charge in [-0.15, -0.1) is 0 Å². The number of unbranched alkanes of at least 4 members (excludes halogenated alkanes) is 60. The molecule has 3 N–H and O–H groups in total. The highest BCUT2D eigenvalue weighted by Gasteiger charge is 2.26. The number of hydrogen-bond acceptors (Lipinski definition) is 8. The van der Waals surface area contributed by atoms with Crippen molar-refractivity contribution in [3.05, 3.63) is 24.3 Å². The number of ether oxygens (including phenoxy) is 2. The molecule has 0 heterocycles. The van der Waals surface area contributed by atoms with Gasteiger partial charge in [0.2, 0.25) is 0 Å². The first-order valence-electron chi connectivity index (χ1n) is 39.8. The van der Waals surface area contributed by atoms with Gasteiger partial charge in [-0.1, -0.05) is 404 Å². The van der Waals surface area contributed by atoms with Crippen LogP contribution in [0.15, 0.2) is 24.3 Å². The lowest BCUT2D eigenvalue weighted by Crippen LogP contribution is -2.29. The lowest BCUT2D eigenvalue weighted by atomic mass is 10.0. The first kappa shape index (κ1) is 87.5. The molecule has 89 heavy (non-hydrogen) atoms. The minimum Gasteiger partial charge on any atom is -0.462 e. The minimum atomic E-state index is -4.39. The number of hydrogen-bond donors (Lipinski definition) is 2. The van der Waals surface area contributed by atoms with Crippen LogP contribution in [0.5, 0.6) is 0 Å². The zero-order valence-electron chi connectivity index (χ0n) is 59.7. The van der Waals surface area contributed by atoms with Crippen LogP contribution in [-0.2, 0) is 32.7 Å². The molecule has 0 aromatic rings. The molecule has 0 fully saturated rings. The Bertz CT molecular complexity index is 1510. The van der Waals surface area contributed by atoms with Crippen LogP contribution in [0, 0.1) is 0 Å². The van der Waals surface area contributed by atoms with Crippen LogP contribution < -0.4 is 5.73 Å². The molecule has 0 rings (SSSR count). The normalized spacial score (nSPS) is 12.9. The van der Waals surface area contributed by atoms with Crippen LogP contribution in [0.3, 0.4) is 0 Å². The number of carbonyl (C=O) groups is 2. The van der Waals surface area contributed by atoms with Crippen molar-refractivity contribution in [1.82, 2.24) is 0 Å². The van der Waals surface area contributed by atoms with E-state index in [2.05, 4.69) is 38.2 Å². The Morgan fingerprint density at radius 1 is 0.337 bits per heavy atom. The van der Waals surface area contributed by atoms with E-state index in [-0.39, 0.29) is 38.6 Å². The van der Waals surface area contributed by atoms with Crippen LogP contribution in [0.4, 0.5) is 0 Å². The molecule has 0 aliphatic carbocycles. The van der Waals surface area contributed by atoms with Crippen molar-refractivity contribution in [2.45, 2.75) is 444 Å². The van der Waals surface area contributed by atoms with Crippen molar-refractivity contribution in [1.29, 1.82) is 0 Å². The summed E-state index contributed by atoms with van der Waals surface area (Å²) in [7, 11) is -4.39. The summed E-state index contributed by atoms with van der Waals surface area (Å²) in [6.07, 6.45) is 94.7. The summed E-state index contributed by atoms with van der Waals surface area (Å²) in [5.41, 5.74) is 5.41. The lowest BCUT2D eigenvalue weighted by molar-refractivity contribution is -0.161. The van der Waals surface area contributed by atoms with Gasteiger partial charge < -0.3 is 20.1 Å². The topological polar surface area (TPSA) is 134 Å². The molecule has 10 heteroatoms. The second-order valence-corrected chi connectivity index (χ2v) is 28.8. The van der Waals surface area contributed by atoms with Crippen LogP contribution >= 0.6 is 7.82 Å². The number of allylic oxidation sites excluding steroid dienone is 4. The molecule has 0 aromatic carbocycles. The van der Waals surface area contributed by atoms with E-state index in [0.29, 0.717) is 6.42 Å². The second kappa shape index (κ2) is 75.5. The molecular weight excluding hydrogens is 1120 g/mol. The van der Waals surface area contributed by atoms with Crippen molar-refractivity contribution >= 4 is 19.8 Å². The van der Waals surface area contributed by atoms with Crippen LogP contribution in [-0.4, -0.2) is 49.3 Å². The molecule has 0 saturated heterocycles. The Hall–Kier alpha value is -1.51. The summed E-state index contributed by atoms with van der Waals surface area (Å²) < 4.78 is 33.3. The number of nitrogens with two attached hydrogens (primary N) is 1. The van der Waals surface area contributed by atoms with Crippen LogP contribution in [0.1, 0.15) is 438 Å². The number of esters is 2. The van der Waals surface area contributed by atoms with Gasteiger partial charge in [-0.2, -0.15) is 0 Å². The highest BCUT2D eigenvalue weighted by atomic mass is 31.2. The number of carbonyl (C=O) groups excluding carboxylic acids is 2. The first-order valence-corrected chi connectivity index (χ1v) is 41.3. The van der Waals surface area contributed by atoms with E-state index in [1.165, 1.54) is 366 Å². The minimum absolute atomic E-state index is 0.0579. The molecule has 0 bridgehead atoms. The maximum atomic E-state index is 12.8. The van der Waals surface area contributed by atoms with Gasteiger partial charge in [0.05, 0.1) is 13.2 Å². The van der Waals surface area contributed by atoms with Crippen molar-refractivity contribution in [3.8, 4) is 0 Å². The van der Waals surface area contributed by atoms with Gasteiger partial charge in [0.1, 0.15) is 6.61 Å². The van der Waals surface area contributed by atoms with Crippen LogP contribution in [0.2, 0.25) is 0 Å². The van der Waals surface area contributed by atoms with Crippen molar-refractivity contribution < 1.29 is 37.6 Å². The van der Waals surface area contributed by atoms with Gasteiger partial charge in [-0.25, -0.2) is 4.57 Å². The van der Waals surface area contributed by atoms with E-state index in [0.717, 1.165) is 38.5 Å². The van der Waals surface area contributed by atoms with Gasteiger partial charge in [-0.05, 0) is 44.9 Å². The number of rotatable bonds is 77. The quantitative estimate of drug-likeness (QED) is 0.0264. The molecule has 2 atom stereocenters. The zero-order chi connectivity index (χ0) is 64.4. The molecule has 0 amide bonds. The van der Waals surface area contributed by atoms with E-state index < -0.39 is 26.5 Å². The van der Waals surface area contributed by atoms with Gasteiger partial charge in [0, 0.05) is 19.4 Å². The van der Waals surface area contributed by atoms with Gasteiger partial charge in [0.15, 0.2) is 6.10 Å². The summed E-state index contributed by atoms with van der Waals surface area (Å²) >= 11 is 0. The Kier molecular flexibility index (Phi) is 74.2. The fourth-order valence-corrected chi connectivity index (χ4v) is 13.2. The fraction of sp³-hybridized carbons (Fsp3) is 0.924. The third-order valence-electron chi connectivity index (χ3n) is 18.3. The largest absolute Gasteiger partial charge is 0.472 e. The molecule has 0 aromatic heterocycles. The molecular formula is C79H154NO8P. The summed E-state index contributed by atoms with van der Waals surface area (Å²) in [5.74, 6) is -0.797. The van der Waals surface area contributed by atoms with Crippen molar-refractivity contribution in [3.63, 3.8) is 0 Å². The first-order chi connectivity index (χ1) is 43.8. The van der Waals surface area contributed by atoms with E-state index in [4.69, 9.17) is 24.3 Å². The molecule has 2 unspecified atom stereocenters.